The van der Waals surface area contributed by atoms with Gasteiger partial charge in [-0.25, -0.2) is 0 Å². The molecule has 0 saturated carbocycles. The molecule has 0 aromatic heterocycles. The van der Waals surface area contributed by atoms with Gasteiger partial charge in [0.2, 0.25) is 5.91 Å². The fraction of sp³-hybridized carbons (Fsp3) is 0.875. The van der Waals surface area contributed by atoms with Gasteiger partial charge in [0.15, 0.2) is 5.78 Å². The van der Waals surface area contributed by atoms with Gasteiger partial charge in [0.05, 0.1) is 39.6 Å². The second kappa shape index (κ2) is 15.9. The summed E-state index contributed by atoms with van der Waals surface area (Å²) in [4.78, 5) is 22.7. The van der Waals surface area contributed by atoms with E-state index in [2.05, 4.69) is 5.32 Å². The molecule has 136 valence electrons. The number of hydrogen-bond acceptors (Lipinski definition) is 6. The molecule has 1 amide bonds. The number of carbonyl (C=O) groups excluding carboxylic acids is 2. The predicted molar refractivity (Wildman–Crippen MR) is 86.4 cm³/mol. The van der Waals surface area contributed by atoms with Gasteiger partial charge in [-0.2, -0.15) is 0 Å². The molecule has 0 aliphatic carbocycles. The number of hydrogen-bond donors (Lipinski definition) is 1. The van der Waals surface area contributed by atoms with Crippen LogP contribution in [0.15, 0.2) is 0 Å². The van der Waals surface area contributed by atoms with Gasteiger partial charge in [0.25, 0.3) is 0 Å². The maximum absolute atomic E-state index is 11.5. The molecule has 0 aliphatic rings. The average Bonchev–Trinajstić information content (AvgIpc) is 2.52. The minimum absolute atomic E-state index is 0.00530. The number of carbonyl (C=O) groups is 2. The lowest BCUT2D eigenvalue weighted by atomic mass is 10.1. The summed E-state index contributed by atoms with van der Waals surface area (Å²) < 4.78 is 20.9. The Balaban J connectivity index is 3.25. The summed E-state index contributed by atoms with van der Waals surface area (Å²) in [6.45, 7) is 9.49. The summed E-state index contributed by atoms with van der Waals surface area (Å²) in [5.74, 6) is 0.0128. The lowest BCUT2D eigenvalue weighted by Crippen LogP contribution is -2.28. The molecular formula is C16H31NO6. The van der Waals surface area contributed by atoms with Crippen LogP contribution in [-0.4, -0.2) is 71.1 Å². The van der Waals surface area contributed by atoms with Crippen LogP contribution >= 0.6 is 0 Å². The molecule has 0 rings (SSSR count). The van der Waals surface area contributed by atoms with Crippen LogP contribution in [0.3, 0.4) is 0 Å². The highest BCUT2D eigenvalue weighted by atomic mass is 16.5. The topological polar surface area (TPSA) is 83.1 Å². The van der Waals surface area contributed by atoms with Crippen molar-refractivity contribution in [1.82, 2.24) is 5.32 Å². The Morgan fingerprint density at radius 2 is 1.48 bits per heavy atom. The Morgan fingerprint density at radius 1 is 0.870 bits per heavy atom. The Morgan fingerprint density at radius 3 is 2.13 bits per heavy atom. The zero-order chi connectivity index (χ0) is 17.3. The zero-order valence-corrected chi connectivity index (χ0v) is 14.6. The maximum atomic E-state index is 11.5. The van der Waals surface area contributed by atoms with E-state index in [9.17, 15) is 9.59 Å². The molecule has 0 aliphatic heterocycles. The Bertz CT molecular complexity index is 309. The first-order valence-electron chi connectivity index (χ1n) is 8.18. The van der Waals surface area contributed by atoms with Crippen molar-refractivity contribution >= 4 is 11.7 Å². The number of rotatable bonds is 16. The quantitative estimate of drug-likeness (QED) is 0.421. The lowest BCUT2D eigenvalue weighted by Gasteiger charge is -2.08. The smallest absolute Gasteiger partial charge is 0.222 e. The van der Waals surface area contributed by atoms with Crippen LogP contribution in [0.2, 0.25) is 0 Å². The van der Waals surface area contributed by atoms with Crippen LogP contribution in [0.1, 0.15) is 27.2 Å². The van der Waals surface area contributed by atoms with E-state index in [1.807, 2.05) is 20.8 Å². The number of nitrogens with one attached hydrogen (secondary N) is 1. The maximum Gasteiger partial charge on any atom is 0.222 e. The van der Waals surface area contributed by atoms with Gasteiger partial charge in [-0.3, -0.25) is 9.59 Å². The van der Waals surface area contributed by atoms with Crippen LogP contribution in [-0.2, 0) is 28.5 Å². The third-order valence-electron chi connectivity index (χ3n) is 2.88. The number of amides is 1. The fourth-order valence-corrected chi connectivity index (χ4v) is 1.44. The third kappa shape index (κ3) is 15.6. The number of ether oxygens (including phenoxy) is 4. The normalized spacial score (nSPS) is 11.0. The van der Waals surface area contributed by atoms with Gasteiger partial charge in [-0.15, -0.1) is 0 Å². The largest absolute Gasteiger partial charge is 0.379 e. The first-order valence-corrected chi connectivity index (χ1v) is 8.18. The molecule has 0 atom stereocenters. The predicted octanol–water partition coefficient (Wildman–Crippen LogP) is 0.804. The van der Waals surface area contributed by atoms with Crippen molar-refractivity contribution in [3.8, 4) is 0 Å². The molecule has 0 heterocycles. The van der Waals surface area contributed by atoms with Crippen LogP contribution in [0, 0.1) is 5.92 Å². The van der Waals surface area contributed by atoms with Gasteiger partial charge in [-0.1, -0.05) is 13.8 Å². The van der Waals surface area contributed by atoms with Crippen molar-refractivity contribution < 1.29 is 28.5 Å². The molecule has 0 spiro atoms. The minimum Gasteiger partial charge on any atom is -0.379 e. The molecule has 7 nitrogen and oxygen atoms in total. The first-order chi connectivity index (χ1) is 11.1. The standard InChI is InChI=1S/C16H31NO6/c1-4-20-9-10-21-7-5-16(19)17-6-8-22-11-12-23-13-15(18)14(2)3/h14H,4-13H2,1-3H3,(H,17,19). The van der Waals surface area contributed by atoms with E-state index in [0.717, 1.165) is 0 Å². The zero-order valence-electron chi connectivity index (χ0n) is 14.6. The minimum atomic E-state index is -0.0659. The highest BCUT2D eigenvalue weighted by molar-refractivity contribution is 5.81. The Labute approximate surface area is 139 Å². The highest BCUT2D eigenvalue weighted by Crippen LogP contribution is 1.94. The van der Waals surface area contributed by atoms with E-state index in [0.29, 0.717) is 59.2 Å². The first kappa shape index (κ1) is 22.0. The summed E-state index contributed by atoms with van der Waals surface area (Å²) in [6.07, 6.45) is 0.326. The Hall–Kier alpha value is -1.02. The van der Waals surface area contributed by atoms with Gasteiger partial charge in [-0.05, 0) is 6.92 Å². The van der Waals surface area contributed by atoms with Crippen LogP contribution in [0.25, 0.3) is 0 Å². The summed E-state index contributed by atoms with van der Waals surface area (Å²) in [7, 11) is 0. The van der Waals surface area contributed by atoms with Gasteiger partial charge in [0, 0.05) is 25.5 Å². The van der Waals surface area contributed by atoms with Crippen molar-refractivity contribution in [3.05, 3.63) is 0 Å². The summed E-state index contributed by atoms with van der Waals surface area (Å²) in [6, 6.07) is 0. The SMILES string of the molecule is CCOCCOCCC(=O)NCCOCCOCC(=O)C(C)C. The number of ketones is 1. The van der Waals surface area contributed by atoms with Crippen molar-refractivity contribution in [2.24, 2.45) is 5.92 Å². The third-order valence-corrected chi connectivity index (χ3v) is 2.88. The van der Waals surface area contributed by atoms with Crippen LogP contribution in [0.5, 0.6) is 0 Å². The van der Waals surface area contributed by atoms with Crippen LogP contribution < -0.4 is 5.32 Å². The van der Waals surface area contributed by atoms with E-state index in [-0.39, 0.29) is 24.2 Å². The molecule has 0 fully saturated rings. The van der Waals surface area contributed by atoms with Crippen LogP contribution in [0.4, 0.5) is 0 Å². The van der Waals surface area contributed by atoms with Gasteiger partial charge >= 0.3 is 0 Å². The summed E-state index contributed by atoms with van der Waals surface area (Å²) in [5.41, 5.74) is 0. The molecule has 7 heteroatoms. The second-order valence-corrected chi connectivity index (χ2v) is 5.20. The molecule has 1 N–H and O–H groups in total. The van der Waals surface area contributed by atoms with Gasteiger partial charge in [0.1, 0.15) is 6.61 Å². The van der Waals surface area contributed by atoms with E-state index in [1.165, 1.54) is 0 Å². The highest BCUT2D eigenvalue weighted by Gasteiger charge is 2.06. The molecule has 0 unspecified atom stereocenters. The van der Waals surface area contributed by atoms with E-state index in [4.69, 9.17) is 18.9 Å². The molecule has 23 heavy (non-hydrogen) atoms. The lowest BCUT2D eigenvalue weighted by molar-refractivity contribution is -0.127. The molecule has 0 radical (unpaired) electrons. The van der Waals surface area contributed by atoms with E-state index >= 15 is 0 Å². The molecule has 0 saturated heterocycles. The molecular weight excluding hydrogens is 302 g/mol. The Kier molecular flexibility index (Phi) is 15.2. The monoisotopic (exact) mass is 333 g/mol. The molecule has 0 bridgehead atoms. The van der Waals surface area contributed by atoms with Crippen molar-refractivity contribution in [3.63, 3.8) is 0 Å². The van der Waals surface area contributed by atoms with E-state index in [1.54, 1.807) is 0 Å². The summed E-state index contributed by atoms with van der Waals surface area (Å²) in [5, 5.41) is 2.74. The second-order valence-electron chi connectivity index (χ2n) is 5.20. The average molecular weight is 333 g/mol. The van der Waals surface area contributed by atoms with E-state index < -0.39 is 0 Å². The summed E-state index contributed by atoms with van der Waals surface area (Å²) >= 11 is 0. The molecule has 0 aromatic rings. The van der Waals surface area contributed by atoms with Crippen molar-refractivity contribution in [2.75, 3.05) is 59.4 Å². The number of Topliss-reactive ketones (excluding diaryl/α,β-unsaturated/α-hetero) is 1. The fourth-order valence-electron chi connectivity index (χ4n) is 1.44. The van der Waals surface area contributed by atoms with Gasteiger partial charge < -0.3 is 24.3 Å². The van der Waals surface area contributed by atoms with Crippen molar-refractivity contribution in [2.45, 2.75) is 27.2 Å². The molecule has 0 aromatic carbocycles. The van der Waals surface area contributed by atoms with Crippen molar-refractivity contribution in [1.29, 1.82) is 0 Å².